The maximum atomic E-state index is 11.6. The number of carbonyl (C=O) groups is 1. The summed E-state index contributed by atoms with van der Waals surface area (Å²) in [6, 6.07) is 4.04. The number of rotatable bonds is 3. The Morgan fingerprint density at radius 1 is 1.35 bits per heavy atom. The number of nitrogens with zero attached hydrogens (tertiary/aromatic N) is 1. The van der Waals surface area contributed by atoms with Crippen LogP contribution in [0.5, 0.6) is 0 Å². The van der Waals surface area contributed by atoms with Gasteiger partial charge in [0.15, 0.2) is 0 Å². The summed E-state index contributed by atoms with van der Waals surface area (Å²) in [6.07, 6.45) is 0. The van der Waals surface area contributed by atoms with E-state index in [1.54, 1.807) is 0 Å². The summed E-state index contributed by atoms with van der Waals surface area (Å²) < 4.78 is 5.13. The summed E-state index contributed by atoms with van der Waals surface area (Å²) in [5.41, 5.74) is 4.41. The van der Waals surface area contributed by atoms with Gasteiger partial charge >= 0.3 is 5.97 Å². The molecule has 1 saturated heterocycles. The van der Waals surface area contributed by atoms with Crippen LogP contribution in [0, 0.1) is 6.92 Å². The largest absolute Gasteiger partial charge is 0.457 e. The van der Waals surface area contributed by atoms with Gasteiger partial charge in [0.25, 0.3) is 0 Å². The fraction of sp³-hybridized carbons (Fsp3) is 0.562. The number of esters is 1. The molecule has 0 amide bonds. The van der Waals surface area contributed by atoms with Gasteiger partial charge in [-0.2, -0.15) is 0 Å². The van der Waals surface area contributed by atoms with Gasteiger partial charge in [-0.15, -0.1) is 0 Å². The SMILES string of the molecule is Cc1c([C@H](C)CN2CCNCC2)ccc2c1COC2=O. The number of piperazine rings is 1. The molecular weight excluding hydrogens is 252 g/mol. The maximum Gasteiger partial charge on any atom is 0.338 e. The standard InChI is InChI=1S/C16H22N2O2/c1-11(9-18-7-5-17-6-8-18)13-3-4-14-15(12(13)2)10-20-16(14)19/h3-4,11,17H,5-10H2,1-2H3/t11-/m1/s1. The molecule has 108 valence electrons. The van der Waals surface area contributed by atoms with E-state index in [-0.39, 0.29) is 5.97 Å². The van der Waals surface area contributed by atoms with Crippen molar-refractivity contribution >= 4 is 5.97 Å². The number of fused-ring (bicyclic) bond motifs is 1. The number of ether oxygens (including phenoxy) is 1. The van der Waals surface area contributed by atoms with Gasteiger partial charge in [0.05, 0.1) is 5.56 Å². The normalized spacial score (nSPS) is 20.6. The van der Waals surface area contributed by atoms with E-state index < -0.39 is 0 Å². The fourth-order valence-electron chi connectivity index (χ4n) is 3.28. The van der Waals surface area contributed by atoms with Crippen molar-refractivity contribution in [3.63, 3.8) is 0 Å². The van der Waals surface area contributed by atoms with Crippen molar-refractivity contribution in [2.75, 3.05) is 32.7 Å². The Bertz CT molecular complexity index is 521. The molecule has 0 spiro atoms. The zero-order valence-corrected chi connectivity index (χ0v) is 12.2. The van der Waals surface area contributed by atoms with Crippen LogP contribution in [-0.4, -0.2) is 43.6 Å². The smallest absolute Gasteiger partial charge is 0.338 e. The van der Waals surface area contributed by atoms with Crippen LogP contribution >= 0.6 is 0 Å². The van der Waals surface area contributed by atoms with E-state index in [2.05, 4.69) is 30.1 Å². The molecule has 2 aliphatic rings. The number of hydrogen-bond donors (Lipinski definition) is 1. The summed E-state index contributed by atoms with van der Waals surface area (Å²) in [6.45, 7) is 10.3. The molecule has 4 nitrogen and oxygen atoms in total. The average molecular weight is 274 g/mol. The van der Waals surface area contributed by atoms with Crippen molar-refractivity contribution < 1.29 is 9.53 Å². The van der Waals surface area contributed by atoms with E-state index in [0.29, 0.717) is 12.5 Å². The molecule has 1 atom stereocenters. The molecule has 20 heavy (non-hydrogen) atoms. The molecule has 3 rings (SSSR count). The topological polar surface area (TPSA) is 41.6 Å². The van der Waals surface area contributed by atoms with Gasteiger partial charge in [-0.1, -0.05) is 13.0 Å². The second kappa shape index (κ2) is 5.54. The number of nitrogens with one attached hydrogen (secondary N) is 1. The molecule has 0 unspecified atom stereocenters. The van der Waals surface area contributed by atoms with Gasteiger partial charge in [0.1, 0.15) is 6.61 Å². The van der Waals surface area contributed by atoms with Crippen molar-refractivity contribution in [2.45, 2.75) is 26.4 Å². The van der Waals surface area contributed by atoms with Gasteiger partial charge in [-0.3, -0.25) is 0 Å². The van der Waals surface area contributed by atoms with Gasteiger partial charge in [-0.25, -0.2) is 4.79 Å². The van der Waals surface area contributed by atoms with Gasteiger partial charge in [-0.05, 0) is 30.0 Å². The third-order valence-electron chi connectivity index (χ3n) is 4.48. The fourth-order valence-corrected chi connectivity index (χ4v) is 3.28. The Kier molecular flexibility index (Phi) is 3.76. The summed E-state index contributed by atoms with van der Waals surface area (Å²) >= 11 is 0. The maximum absolute atomic E-state index is 11.6. The zero-order valence-electron chi connectivity index (χ0n) is 12.2. The highest BCUT2D eigenvalue weighted by Gasteiger charge is 2.25. The molecule has 0 saturated carbocycles. The molecule has 0 bridgehead atoms. The molecular formula is C16H22N2O2. The van der Waals surface area contributed by atoms with E-state index in [4.69, 9.17) is 4.74 Å². The average Bonchev–Trinajstić information content (AvgIpc) is 2.83. The van der Waals surface area contributed by atoms with Crippen molar-refractivity contribution in [3.05, 3.63) is 34.4 Å². The predicted molar refractivity (Wildman–Crippen MR) is 78.0 cm³/mol. The Balaban J connectivity index is 1.78. The minimum Gasteiger partial charge on any atom is -0.457 e. The molecule has 2 heterocycles. The Hall–Kier alpha value is -1.39. The molecule has 4 heteroatoms. The van der Waals surface area contributed by atoms with Gasteiger partial charge in [0, 0.05) is 38.3 Å². The first kappa shape index (κ1) is 13.6. The molecule has 1 aromatic carbocycles. The highest BCUT2D eigenvalue weighted by molar-refractivity contribution is 5.93. The van der Waals surface area contributed by atoms with Crippen LogP contribution in [0.4, 0.5) is 0 Å². The van der Waals surface area contributed by atoms with E-state index in [1.807, 2.05) is 6.07 Å². The second-order valence-corrected chi connectivity index (χ2v) is 5.83. The van der Waals surface area contributed by atoms with Crippen LogP contribution < -0.4 is 5.32 Å². The Morgan fingerprint density at radius 2 is 2.10 bits per heavy atom. The van der Waals surface area contributed by atoms with E-state index in [9.17, 15) is 4.79 Å². The number of hydrogen-bond acceptors (Lipinski definition) is 4. The lowest BCUT2D eigenvalue weighted by molar-refractivity contribution is 0.0535. The summed E-state index contributed by atoms with van der Waals surface area (Å²) in [4.78, 5) is 14.1. The zero-order chi connectivity index (χ0) is 14.1. The predicted octanol–water partition coefficient (Wildman–Crippen LogP) is 1.67. The molecule has 0 radical (unpaired) electrons. The first-order valence-electron chi connectivity index (χ1n) is 7.39. The molecule has 0 aromatic heterocycles. The van der Waals surface area contributed by atoms with Crippen molar-refractivity contribution in [1.82, 2.24) is 10.2 Å². The quantitative estimate of drug-likeness (QED) is 0.851. The third-order valence-corrected chi connectivity index (χ3v) is 4.48. The summed E-state index contributed by atoms with van der Waals surface area (Å²) in [5.74, 6) is 0.304. The van der Waals surface area contributed by atoms with Gasteiger partial charge in [0.2, 0.25) is 0 Å². The lowest BCUT2D eigenvalue weighted by atomic mass is 9.90. The van der Waals surface area contributed by atoms with Crippen LogP contribution in [0.3, 0.4) is 0 Å². The van der Waals surface area contributed by atoms with E-state index in [0.717, 1.165) is 43.9 Å². The molecule has 1 N–H and O–H groups in total. The lowest BCUT2D eigenvalue weighted by Gasteiger charge is -2.30. The van der Waals surface area contributed by atoms with Crippen molar-refractivity contribution in [3.8, 4) is 0 Å². The summed E-state index contributed by atoms with van der Waals surface area (Å²) in [5, 5.41) is 3.38. The minimum atomic E-state index is -0.176. The second-order valence-electron chi connectivity index (χ2n) is 5.83. The first-order valence-corrected chi connectivity index (χ1v) is 7.39. The number of benzene rings is 1. The van der Waals surface area contributed by atoms with Crippen molar-refractivity contribution in [2.24, 2.45) is 0 Å². The molecule has 1 fully saturated rings. The molecule has 2 aliphatic heterocycles. The van der Waals surface area contributed by atoms with Crippen LogP contribution in [0.2, 0.25) is 0 Å². The van der Waals surface area contributed by atoms with Crippen LogP contribution in [0.25, 0.3) is 0 Å². The molecule has 1 aromatic rings. The molecule has 0 aliphatic carbocycles. The van der Waals surface area contributed by atoms with Crippen LogP contribution in [-0.2, 0) is 11.3 Å². The minimum absolute atomic E-state index is 0.176. The van der Waals surface area contributed by atoms with Crippen LogP contribution in [0.15, 0.2) is 12.1 Å². The first-order chi connectivity index (χ1) is 9.66. The third kappa shape index (κ3) is 2.45. The monoisotopic (exact) mass is 274 g/mol. The van der Waals surface area contributed by atoms with E-state index in [1.165, 1.54) is 11.1 Å². The number of cyclic esters (lactones) is 1. The lowest BCUT2D eigenvalue weighted by Crippen LogP contribution is -2.44. The number of carbonyl (C=O) groups excluding carboxylic acids is 1. The highest BCUT2D eigenvalue weighted by atomic mass is 16.5. The summed E-state index contributed by atoms with van der Waals surface area (Å²) in [7, 11) is 0. The Labute approximate surface area is 120 Å². The Morgan fingerprint density at radius 3 is 2.85 bits per heavy atom. The van der Waals surface area contributed by atoms with Crippen LogP contribution in [0.1, 0.15) is 39.9 Å². The highest BCUT2D eigenvalue weighted by Crippen LogP contribution is 2.30. The van der Waals surface area contributed by atoms with Gasteiger partial charge < -0.3 is 15.0 Å². The van der Waals surface area contributed by atoms with E-state index >= 15 is 0 Å². The van der Waals surface area contributed by atoms with Crippen molar-refractivity contribution in [1.29, 1.82) is 0 Å².